The molecule has 20 heavy (non-hydrogen) atoms. The minimum absolute atomic E-state index is 0.203. The van der Waals surface area contributed by atoms with Crippen LogP contribution in [-0.4, -0.2) is 30.4 Å². The SMILES string of the molecule is CC1(C)CCN(C(=O)c2ccc3c(c2)CNCC3)CC1. The quantitative estimate of drug-likeness (QED) is 0.852. The van der Waals surface area contributed by atoms with Gasteiger partial charge in [0.2, 0.25) is 0 Å². The summed E-state index contributed by atoms with van der Waals surface area (Å²) in [5.41, 5.74) is 3.92. The first-order valence-electron chi connectivity index (χ1n) is 7.67. The summed E-state index contributed by atoms with van der Waals surface area (Å²) in [5.74, 6) is 0.203. The number of hydrogen-bond acceptors (Lipinski definition) is 2. The van der Waals surface area contributed by atoms with Crippen molar-refractivity contribution in [3.63, 3.8) is 0 Å². The van der Waals surface area contributed by atoms with Crippen LogP contribution in [0.3, 0.4) is 0 Å². The smallest absolute Gasteiger partial charge is 0.253 e. The van der Waals surface area contributed by atoms with Gasteiger partial charge in [0.1, 0.15) is 0 Å². The molecule has 0 radical (unpaired) electrons. The molecule has 1 saturated heterocycles. The number of carbonyl (C=O) groups excluding carboxylic acids is 1. The Morgan fingerprint density at radius 1 is 1.20 bits per heavy atom. The van der Waals surface area contributed by atoms with E-state index in [9.17, 15) is 4.79 Å². The highest BCUT2D eigenvalue weighted by atomic mass is 16.2. The number of amides is 1. The predicted octanol–water partition coefficient (Wildman–Crippen LogP) is 2.59. The molecule has 3 rings (SSSR count). The van der Waals surface area contributed by atoms with Crippen LogP contribution < -0.4 is 5.32 Å². The number of rotatable bonds is 1. The highest BCUT2D eigenvalue weighted by molar-refractivity contribution is 5.94. The van der Waals surface area contributed by atoms with Gasteiger partial charge in [-0.1, -0.05) is 19.9 Å². The van der Waals surface area contributed by atoms with Gasteiger partial charge in [0, 0.05) is 25.2 Å². The van der Waals surface area contributed by atoms with Gasteiger partial charge in [-0.2, -0.15) is 0 Å². The van der Waals surface area contributed by atoms with Crippen molar-refractivity contribution in [1.82, 2.24) is 10.2 Å². The fourth-order valence-electron chi connectivity index (χ4n) is 3.11. The molecule has 0 unspecified atom stereocenters. The molecule has 0 aromatic heterocycles. The number of fused-ring (bicyclic) bond motifs is 1. The molecule has 1 amide bonds. The Labute approximate surface area is 121 Å². The number of nitrogens with one attached hydrogen (secondary N) is 1. The summed E-state index contributed by atoms with van der Waals surface area (Å²) in [6.45, 7) is 8.30. The average molecular weight is 272 g/mol. The van der Waals surface area contributed by atoms with Crippen molar-refractivity contribution >= 4 is 5.91 Å². The van der Waals surface area contributed by atoms with Crippen molar-refractivity contribution in [2.75, 3.05) is 19.6 Å². The Bertz CT molecular complexity index is 512. The third-order valence-electron chi connectivity index (χ3n) is 4.74. The summed E-state index contributed by atoms with van der Waals surface area (Å²) in [7, 11) is 0. The summed E-state index contributed by atoms with van der Waals surface area (Å²) in [6.07, 6.45) is 3.28. The van der Waals surface area contributed by atoms with Crippen LogP contribution >= 0.6 is 0 Å². The third kappa shape index (κ3) is 2.73. The highest BCUT2D eigenvalue weighted by Gasteiger charge is 2.28. The van der Waals surface area contributed by atoms with Gasteiger partial charge in [-0.15, -0.1) is 0 Å². The fourth-order valence-corrected chi connectivity index (χ4v) is 3.11. The van der Waals surface area contributed by atoms with Crippen LogP contribution in [0.4, 0.5) is 0 Å². The van der Waals surface area contributed by atoms with Crippen LogP contribution in [0.15, 0.2) is 18.2 Å². The Morgan fingerprint density at radius 3 is 2.70 bits per heavy atom. The van der Waals surface area contributed by atoms with E-state index < -0.39 is 0 Å². The largest absolute Gasteiger partial charge is 0.339 e. The lowest BCUT2D eigenvalue weighted by Gasteiger charge is -2.37. The van der Waals surface area contributed by atoms with E-state index in [2.05, 4.69) is 31.3 Å². The summed E-state index contributed by atoms with van der Waals surface area (Å²) < 4.78 is 0. The van der Waals surface area contributed by atoms with Gasteiger partial charge in [-0.05, 0) is 54.5 Å². The fraction of sp³-hybridized carbons (Fsp3) is 0.588. The predicted molar refractivity (Wildman–Crippen MR) is 80.8 cm³/mol. The molecule has 3 heteroatoms. The van der Waals surface area contributed by atoms with Crippen molar-refractivity contribution in [2.45, 2.75) is 39.7 Å². The molecule has 0 spiro atoms. The summed E-state index contributed by atoms with van der Waals surface area (Å²) in [5, 5.41) is 3.37. The number of carbonyl (C=O) groups is 1. The second-order valence-electron chi connectivity index (χ2n) is 6.87. The highest BCUT2D eigenvalue weighted by Crippen LogP contribution is 2.30. The number of hydrogen-bond donors (Lipinski definition) is 1. The molecule has 0 bridgehead atoms. The first-order chi connectivity index (χ1) is 9.55. The first-order valence-corrected chi connectivity index (χ1v) is 7.67. The number of likely N-dealkylation sites (tertiary alicyclic amines) is 1. The monoisotopic (exact) mass is 272 g/mol. The van der Waals surface area contributed by atoms with E-state index >= 15 is 0 Å². The number of benzene rings is 1. The molecule has 2 heterocycles. The van der Waals surface area contributed by atoms with Crippen LogP contribution in [-0.2, 0) is 13.0 Å². The lowest BCUT2D eigenvalue weighted by Crippen LogP contribution is -2.41. The molecule has 0 aliphatic carbocycles. The molecule has 2 aliphatic heterocycles. The van der Waals surface area contributed by atoms with Gasteiger partial charge in [0.05, 0.1) is 0 Å². The Hall–Kier alpha value is -1.35. The van der Waals surface area contributed by atoms with E-state index in [0.717, 1.165) is 51.0 Å². The molecule has 2 aliphatic rings. The summed E-state index contributed by atoms with van der Waals surface area (Å²) >= 11 is 0. The van der Waals surface area contributed by atoms with E-state index in [0.29, 0.717) is 5.41 Å². The molecule has 1 aromatic rings. The van der Waals surface area contributed by atoms with Crippen molar-refractivity contribution in [3.8, 4) is 0 Å². The molecule has 1 aromatic carbocycles. The molecule has 1 fully saturated rings. The van der Waals surface area contributed by atoms with Gasteiger partial charge in [-0.25, -0.2) is 0 Å². The molecule has 3 nitrogen and oxygen atoms in total. The van der Waals surface area contributed by atoms with Gasteiger partial charge >= 0.3 is 0 Å². The van der Waals surface area contributed by atoms with Gasteiger partial charge in [0.15, 0.2) is 0 Å². The van der Waals surface area contributed by atoms with Crippen LogP contribution in [0, 0.1) is 5.41 Å². The molecule has 0 saturated carbocycles. The normalized spacial score (nSPS) is 21.4. The van der Waals surface area contributed by atoms with Crippen LogP contribution in [0.5, 0.6) is 0 Å². The average Bonchev–Trinajstić information content (AvgIpc) is 2.46. The molecule has 1 N–H and O–H groups in total. The van der Waals surface area contributed by atoms with Crippen molar-refractivity contribution < 1.29 is 4.79 Å². The minimum atomic E-state index is 0.203. The van der Waals surface area contributed by atoms with E-state index in [1.54, 1.807) is 0 Å². The molecule has 0 atom stereocenters. The van der Waals surface area contributed by atoms with Crippen molar-refractivity contribution in [1.29, 1.82) is 0 Å². The van der Waals surface area contributed by atoms with Crippen LogP contribution in [0.1, 0.15) is 48.2 Å². The molecular weight excluding hydrogens is 248 g/mol. The maximum Gasteiger partial charge on any atom is 0.253 e. The maximum absolute atomic E-state index is 12.6. The lowest BCUT2D eigenvalue weighted by molar-refractivity contribution is 0.0630. The Balaban J connectivity index is 1.74. The molecular formula is C17H24N2O. The Kier molecular flexibility index (Phi) is 3.55. The summed E-state index contributed by atoms with van der Waals surface area (Å²) in [4.78, 5) is 14.6. The zero-order valence-corrected chi connectivity index (χ0v) is 12.5. The van der Waals surface area contributed by atoms with Crippen molar-refractivity contribution in [3.05, 3.63) is 34.9 Å². The number of nitrogens with zero attached hydrogens (tertiary/aromatic N) is 1. The van der Waals surface area contributed by atoms with E-state index in [1.807, 2.05) is 11.0 Å². The van der Waals surface area contributed by atoms with Gasteiger partial charge in [-0.3, -0.25) is 4.79 Å². The number of piperidine rings is 1. The van der Waals surface area contributed by atoms with Crippen LogP contribution in [0.2, 0.25) is 0 Å². The van der Waals surface area contributed by atoms with E-state index in [4.69, 9.17) is 0 Å². The second-order valence-corrected chi connectivity index (χ2v) is 6.87. The zero-order chi connectivity index (χ0) is 14.2. The zero-order valence-electron chi connectivity index (χ0n) is 12.5. The standard InChI is InChI=1S/C17H24N2O/c1-17(2)6-9-19(10-7-17)16(20)14-4-3-13-5-8-18-12-15(13)11-14/h3-4,11,18H,5-10,12H2,1-2H3. The maximum atomic E-state index is 12.6. The third-order valence-corrected chi connectivity index (χ3v) is 4.74. The summed E-state index contributed by atoms with van der Waals surface area (Å²) in [6, 6.07) is 6.23. The van der Waals surface area contributed by atoms with Crippen LogP contribution in [0.25, 0.3) is 0 Å². The van der Waals surface area contributed by atoms with Crippen molar-refractivity contribution in [2.24, 2.45) is 5.41 Å². The lowest BCUT2D eigenvalue weighted by atomic mass is 9.82. The van der Waals surface area contributed by atoms with E-state index in [1.165, 1.54) is 11.1 Å². The van der Waals surface area contributed by atoms with Gasteiger partial charge < -0.3 is 10.2 Å². The van der Waals surface area contributed by atoms with E-state index in [-0.39, 0.29) is 5.91 Å². The first kappa shape index (κ1) is 13.6. The Morgan fingerprint density at radius 2 is 1.95 bits per heavy atom. The molecule has 108 valence electrons. The second kappa shape index (κ2) is 5.21. The topological polar surface area (TPSA) is 32.3 Å². The van der Waals surface area contributed by atoms with Gasteiger partial charge in [0.25, 0.3) is 5.91 Å². The minimum Gasteiger partial charge on any atom is -0.339 e.